The number of carbonyl (C=O) groups is 2. The highest BCUT2D eigenvalue weighted by Crippen LogP contribution is 2.31. The van der Waals surface area contributed by atoms with Crippen LogP contribution in [0.1, 0.15) is 22.5 Å². The lowest BCUT2D eigenvalue weighted by molar-refractivity contribution is -0.141. The first kappa shape index (κ1) is 24.5. The van der Waals surface area contributed by atoms with E-state index < -0.39 is 17.8 Å². The van der Waals surface area contributed by atoms with Crippen LogP contribution in [0.15, 0.2) is 47.3 Å². The molecule has 1 aliphatic heterocycles. The molecule has 1 N–H and O–H groups in total. The van der Waals surface area contributed by atoms with Crippen LogP contribution in [0.25, 0.3) is 11.4 Å². The second kappa shape index (κ2) is 10.3. The fourth-order valence-corrected chi connectivity index (χ4v) is 3.73. The van der Waals surface area contributed by atoms with Gasteiger partial charge < -0.3 is 19.5 Å². The maximum atomic E-state index is 13.7. The zero-order valence-electron chi connectivity index (χ0n) is 18.3. The van der Waals surface area contributed by atoms with E-state index in [0.29, 0.717) is 5.56 Å². The van der Waals surface area contributed by atoms with Crippen LogP contribution in [0, 0.1) is 0 Å². The minimum atomic E-state index is -4.71. The first-order valence-corrected chi connectivity index (χ1v) is 11.0. The number of carbonyl (C=O) groups excluding carboxylic acids is 2. The van der Waals surface area contributed by atoms with Crippen molar-refractivity contribution in [2.45, 2.75) is 12.6 Å². The quantitative estimate of drug-likeness (QED) is 0.579. The highest BCUT2D eigenvalue weighted by molar-refractivity contribution is 6.32. The number of nitrogens with zero attached hydrogens (tertiary/aromatic N) is 5. The maximum Gasteiger partial charge on any atom is 0.433 e. The van der Waals surface area contributed by atoms with Crippen LogP contribution < -0.4 is 10.2 Å². The standard InChI is InChI=1S/C22H20ClF3N6O3/c23-19-15(4-11-35-19)21(34)32-7-3-18(33)28-6-8-31(9-10-32)17-12-16(22(24,25)26)29-20(30-17)14-2-1-5-27-13-14/h1-2,4-5,11-13H,3,6-10H2,(H,28,33). The molecular formula is C22H20ClF3N6O3. The van der Waals surface area contributed by atoms with Gasteiger partial charge in [-0.1, -0.05) is 0 Å². The second-order valence-electron chi connectivity index (χ2n) is 7.66. The van der Waals surface area contributed by atoms with Gasteiger partial charge in [0, 0.05) is 63.2 Å². The SMILES string of the molecule is O=C1CCN(C(=O)c2ccoc2Cl)CCN(c2cc(C(F)(F)F)nc(-c3cccnc3)n2)CCN1. The number of halogens is 4. The molecule has 13 heteroatoms. The van der Waals surface area contributed by atoms with E-state index in [9.17, 15) is 22.8 Å². The van der Waals surface area contributed by atoms with Gasteiger partial charge in [-0.3, -0.25) is 14.6 Å². The van der Waals surface area contributed by atoms with Crippen LogP contribution in [-0.4, -0.2) is 64.4 Å². The van der Waals surface area contributed by atoms with Gasteiger partial charge in [0.1, 0.15) is 5.82 Å². The minimum absolute atomic E-state index is 0.00902. The molecule has 2 amide bonds. The van der Waals surface area contributed by atoms with E-state index in [0.717, 1.165) is 6.07 Å². The van der Waals surface area contributed by atoms with E-state index in [1.807, 2.05) is 0 Å². The molecule has 3 aromatic rings. The van der Waals surface area contributed by atoms with Gasteiger partial charge in [-0.05, 0) is 29.8 Å². The summed E-state index contributed by atoms with van der Waals surface area (Å²) in [6, 6.07) is 5.40. The minimum Gasteiger partial charge on any atom is -0.452 e. The summed E-state index contributed by atoms with van der Waals surface area (Å²) in [5.74, 6) is -0.874. The molecule has 9 nitrogen and oxygen atoms in total. The Hall–Kier alpha value is -3.67. The average molecular weight is 509 g/mol. The normalized spacial score (nSPS) is 15.6. The van der Waals surface area contributed by atoms with Crippen LogP contribution >= 0.6 is 11.6 Å². The molecule has 184 valence electrons. The molecule has 1 saturated heterocycles. The van der Waals surface area contributed by atoms with Crippen LogP contribution in [0.5, 0.6) is 0 Å². The van der Waals surface area contributed by atoms with Crippen molar-refractivity contribution in [3.05, 3.63) is 59.4 Å². The Bertz CT molecular complexity index is 1200. The van der Waals surface area contributed by atoms with Crippen molar-refractivity contribution in [2.24, 2.45) is 0 Å². The zero-order chi connectivity index (χ0) is 25.0. The Balaban J connectivity index is 1.67. The van der Waals surface area contributed by atoms with Gasteiger partial charge in [-0.2, -0.15) is 13.2 Å². The smallest absolute Gasteiger partial charge is 0.433 e. The molecule has 0 aromatic carbocycles. The van der Waals surface area contributed by atoms with Gasteiger partial charge in [0.05, 0.1) is 11.8 Å². The molecule has 0 radical (unpaired) electrons. The van der Waals surface area contributed by atoms with Gasteiger partial charge in [0.15, 0.2) is 11.5 Å². The third-order valence-electron chi connectivity index (χ3n) is 5.33. The Kier molecular flexibility index (Phi) is 7.20. The molecule has 35 heavy (non-hydrogen) atoms. The van der Waals surface area contributed by atoms with Gasteiger partial charge >= 0.3 is 6.18 Å². The van der Waals surface area contributed by atoms with Crippen molar-refractivity contribution >= 4 is 29.2 Å². The maximum absolute atomic E-state index is 13.7. The first-order valence-electron chi connectivity index (χ1n) is 10.6. The van der Waals surface area contributed by atoms with E-state index in [1.165, 1.54) is 29.6 Å². The van der Waals surface area contributed by atoms with Crippen molar-refractivity contribution in [2.75, 3.05) is 37.6 Å². The van der Waals surface area contributed by atoms with E-state index in [1.54, 1.807) is 17.0 Å². The van der Waals surface area contributed by atoms with Crippen LogP contribution in [0.2, 0.25) is 5.22 Å². The third-order valence-corrected chi connectivity index (χ3v) is 5.63. The Morgan fingerprint density at radius 3 is 2.66 bits per heavy atom. The fraction of sp³-hybridized carbons (Fsp3) is 0.318. The molecule has 0 atom stereocenters. The number of rotatable bonds is 3. The Labute approximate surface area is 202 Å². The summed E-state index contributed by atoms with van der Waals surface area (Å²) < 4.78 is 45.9. The van der Waals surface area contributed by atoms with Gasteiger partial charge in [-0.25, -0.2) is 9.97 Å². The molecule has 4 rings (SSSR count). The van der Waals surface area contributed by atoms with Crippen molar-refractivity contribution in [3.63, 3.8) is 0 Å². The van der Waals surface area contributed by atoms with Crippen molar-refractivity contribution in [3.8, 4) is 11.4 Å². The third kappa shape index (κ3) is 5.88. The summed E-state index contributed by atoms with van der Waals surface area (Å²) in [5, 5.41) is 2.63. The molecule has 0 aliphatic carbocycles. The van der Waals surface area contributed by atoms with E-state index >= 15 is 0 Å². The topological polar surface area (TPSA) is 104 Å². The fourth-order valence-electron chi connectivity index (χ4n) is 3.53. The van der Waals surface area contributed by atoms with Gasteiger partial charge in [0.2, 0.25) is 11.1 Å². The monoisotopic (exact) mass is 508 g/mol. The van der Waals surface area contributed by atoms with Gasteiger partial charge in [0.25, 0.3) is 5.91 Å². The predicted octanol–water partition coefficient (Wildman–Crippen LogP) is 3.27. The summed E-state index contributed by atoms with van der Waals surface area (Å²) in [6.07, 6.45) is -0.506. The number of pyridine rings is 1. The molecule has 3 aromatic heterocycles. The van der Waals surface area contributed by atoms with Crippen LogP contribution in [-0.2, 0) is 11.0 Å². The van der Waals surface area contributed by atoms with E-state index in [4.69, 9.17) is 16.0 Å². The summed E-state index contributed by atoms with van der Waals surface area (Å²) in [5.41, 5.74) is -0.655. The van der Waals surface area contributed by atoms with Crippen LogP contribution in [0.4, 0.5) is 19.0 Å². The molecule has 1 aliphatic rings. The Morgan fingerprint density at radius 2 is 1.97 bits per heavy atom. The van der Waals surface area contributed by atoms with Crippen molar-refractivity contribution < 1.29 is 27.2 Å². The number of anilines is 1. The molecule has 0 saturated carbocycles. The molecule has 4 heterocycles. The first-order chi connectivity index (χ1) is 16.7. The molecule has 0 bridgehead atoms. The number of aromatic nitrogens is 3. The summed E-state index contributed by atoms with van der Waals surface area (Å²) in [7, 11) is 0. The Morgan fingerprint density at radius 1 is 1.14 bits per heavy atom. The lowest BCUT2D eigenvalue weighted by atomic mass is 10.2. The summed E-state index contributed by atoms with van der Waals surface area (Å²) >= 11 is 5.94. The van der Waals surface area contributed by atoms with E-state index in [2.05, 4.69) is 20.3 Å². The molecular weight excluding hydrogens is 489 g/mol. The molecule has 0 spiro atoms. The largest absolute Gasteiger partial charge is 0.452 e. The number of hydrogen-bond donors (Lipinski definition) is 1. The lowest BCUT2D eigenvalue weighted by Crippen LogP contribution is -2.45. The number of amides is 2. The lowest BCUT2D eigenvalue weighted by Gasteiger charge is -2.30. The highest BCUT2D eigenvalue weighted by Gasteiger charge is 2.34. The van der Waals surface area contributed by atoms with E-state index in [-0.39, 0.29) is 67.5 Å². The number of hydrogen-bond acceptors (Lipinski definition) is 7. The molecule has 0 unspecified atom stereocenters. The average Bonchev–Trinajstić information content (AvgIpc) is 3.28. The predicted molar refractivity (Wildman–Crippen MR) is 120 cm³/mol. The summed E-state index contributed by atoms with van der Waals surface area (Å²) in [6.45, 7) is 0.715. The van der Waals surface area contributed by atoms with Gasteiger partial charge in [-0.15, -0.1) is 0 Å². The highest BCUT2D eigenvalue weighted by atomic mass is 35.5. The summed E-state index contributed by atoms with van der Waals surface area (Å²) in [4.78, 5) is 40.1. The number of furan rings is 1. The van der Waals surface area contributed by atoms with Crippen LogP contribution in [0.3, 0.4) is 0 Å². The van der Waals surface area contributed by atoms with Crippen molar-refractivity contribution in [1.82, 2.24) is 25.2 Å². The zero-order valence-corrected chi connectivity index (χ0v) is 19.0. The number of nitrogens with one attached hydrogen (secondary N) is 1. The molecule has 1 fully saturated rings. The van der Waals surface area contributed by atoms with Crippen molar-refractivity contribution in [1.29, 1.82) is 0 Å². The second-order valence-corrected chi connectivity index (χ2v) is 8.00. The number of alkyl halides is 3.